The molecule has 0 N–H and O–H groups in total. The first-order chi connectivity index (χ1) is 18.7. The topological polar surface area (TPSA) is 68.8 Å². The van der Waals surface area contributed by atoms with Crippen molar-refractivity contribution >= 4 is 16.8 Å². The Balaban J connectivity index is 1.43. The van der Waals surface area contributed by atoms with Crippen LogP contribution < -0.4 is 0 Å². The number of carbonyl (C=O) groups is 1. The molecule has 0 spiro atoms. The van der Waals surface area contributed by atoms with Gasteiger partial charge in [0, 0.05) is 55.2 Å². The number of benzene rings is 2. The van der Waals surface area contributed by atoms with Gasteiger partial charge in [0.05, 0.1) is 17.8 Å². The second-order valence-electron chi connectivity index (χ2n) is 9.81. The summed E-state index contributed by atoms with van der Waals surface area (Å²) in [4.78, 5) is 24.5. The molecule has 3 aromatic heterocycles. The Morgan fingerprint density at radius 1 is 1.00 bits per heavy atom. The quantitative estimate of drug-likeness (QED) is 0.305. The fourth-order valence-corrected chi connectivity index (χ4v) is 5.25. The molecule has 0 fully saturated rings. The van der Waals surface area contributed by atoms with Crippen molar-refractivity contribution in [1.29, 1.82) is 0 Å². The Morgan fingerprint density at radius 2 is 1.79 bits per heavy atom. The van der Waals surface area contributed by atoms with Crippen molar-refractivity contribution in [3.8, 4) is 11.1 Å². The number of para-hydroxylation sites is 1. The highest BCUT2D eigenvalue weighted by atomic mass is 19.4. The van der Waals surface area contributed by atoms with E-state index in [0.717, 1.165) is 22.4 Å². The maximum Gasteiger partial charge on any atom is 0.435 e. The number of hydrogen-bond acceptors (Lipinski definition) is 4. The van der Waals surface area contributed by atoms with Crippen LogP contribution in [0.15, 0.2) is 67.1 Å². The smallest absolute Gasteiger partial charge is 0.332 e. The second-order valence-corrected chi connectivity index (χ2v) is 9.81. The third-order valence-electron chi connectivity index (χ3n) is 7.13. The van der Waals surface area contributed by atoms with Crippen LogP contribution in [-0.2, 0) is 32.7 Å². The normalized spacial score (nSPS) is 13.8. The predicted octanol–water partition coefficient (Wildman–Crippen LogP) is 5.41. The molecule has 39 heavy (non-hydrogen) atoms. The molecule has 10 heteroatoms. The third-order valence-corrected chi connectivity index (χ3v) is 7.13. The summed E-state index contributed by atoms with van der Waals surface area (Å²) in [5, 5.41) is 4.73. The van der Waals surface area contributed by atoms with E-state index in [9.17, 15) is 18.0 Å². The summed E-state index contributed by atoms with van der Waals surface area (Å²) in [6, 6.07) is 15.2. The summed E-state index contributed by atoms with van der Waals surface area (Å²) in [6.07, 6.45) is 0.633. The summed E-state index contributed by atoms with van der Waals surface area (Å²) < 4.78 is 44.9. The van der Waals surface area contributed by atoms with Gasteiger partial charge in [-0.05, 0) is 54.3 Å². The van der Waals surface area contributed by atoms with Crippen LogP contribution in [0.3, 0.4) is 0 Å². The number of carbonyl (C=O) groups excluding carboxylic acids is 1. The van der Waals surface area contributed by atoms with Gasteiger partial charge in [0.15, 0.2) is 5.69 Å². The van der Waals surface area contributed by atoms with Crippen LogP contribution >= 0.6 is 0 Å². The van der Waals surface area contributed by atoms with Gasteiger partial charge < -0.3 is 9.47 Å². The van der Waals surface area contributed by atoms with Gasteiger partial charge in [-0.3, -0.25) is 14.5 Å². The van der Waals surface area contributed by atoms with E-state index in [0.29, 0.717) is 48.3 Å². The number of rotatable bonds is 5. The minimum absolute atomic E-state index is 0.0251. The molecule has 0 saturated carbocycles. The summed E-state index contributed by atoms with van der Waals surface area (Å²) in [6.45, 7) is 2.90. The van der Waals surface area contributed by atoms with E-state index in [1.165, 1.54) is 17.9 Å². The Kier molecular flexibility index (Phi) is 5.97. The second kappa shape index (κ2) is 9.37. The lowest BCUT2D eigenvalue weighted by Gasteiger charge is -2.30. The largest absolute Gasteiger partial charge is 0.435 e. The van der Waals surface area contributed by atoms with Crippen molar-refractivity contribution in [2.45, 2.75) is 32.6 Å². The molecule has 0 unspecified atom stereocenters. The first-order valence-electron chi connectivity index (χ1n) is 12.6. The van der Waals surface area contributed by atoms with Gasteiger partial charge in [0.2, 0.25) is 0 Å². The number of fused-ring (bicyclic) bond motifs is 2. The van der Waals surface area contributed by atoms with Crippen molar-refractivity contribution in [3.05, 3.63) is 101 Å². The van der Waals surface area contributed by atoms with Crippen molar-refractivity contribution in [2.75, 3.05) is 6.54 Å². The van der Waals surface area contributed by atoms with Crippen LogP contribution in [0.5, 0.6) is 0 Å². The van der Waals surface area contributed by atoms with Crippen molar-refractivity contribution in [2.24, 2.45) is 7.05 Å². The van der Waals surface area contributed by atoms with Crippen LogP contribution in [0.4, 0.5) is 13.2 Å². The summed E-state index contributed by atoms with van der Waals surface area (Å²) in [5.41, 5.74) is 2.72. The van der Waals surface area contributed by atoms with Crippen LogP contribution in [0.25, 0.3) is 22.0 Å². The number of hydrogen-bond donors (Lipinski definition) is 0. The third kappa shape index (κ3) is 4.67. The zero-order valence-corrected chi connectivity index (χ0v) is 21.4. The van der Waals surface area contributed by atoms with Gasteiger partial charge in [0.1, 0.15) is 5.82 Å². The molecule has 5 aromatic rings. The van der Waals surface area contributed by atoms with E-state index in [4.69, 9.17) is 4.98 Å². The van der Waals surface area contributed by atoms with E-state index in [1.807, 2.05) is 47.9 Å². The molecule has 7 nitrogen and oxygen atoms in total. The maximum atomic E-state index is 14.0. The lowest BCUT2D eigenvalue weighted by molar-refractivity contribution is -0.140. The van der Waals surface area contributed by atoms with Crippen molar-refractivity contribution in [3.63, 3.8) is 0 Å². The van der Waals surface area contributed by atoms with Gasteiger partial charge >= 0.3 is 6.18 Å². The molecule has 0 radical (unpaired) electrons. The number of alkyl halides is 3. The van der Waals surface area contributed by atoms with Crippen molar-refractivity contribution in [1.82, 2.24) is 29.2 Å². The minimum Gasteiger partial charge on any atom is -0.332 e. The number of halogens is 3. The van der Waals surface area contributed by atoms with E-state index < -0.39 is 11.9 Å². The molecule has 6 rings (SSSR count). The fraction of sp³-hybridized carbons (Fsp3) is 0.241. The molecule has 1 aliphatic rings. The van der Waals surface area contributed by atoms with Gasteiger partial charge in [-0.25, -0.2) is 4.98 Å². The Bertz CT molecular complexity index is 1720. The Hall–Kier alpha value is -4.47. The van der Waals surface area contributed by atoms with Gasteiger partial charge in [-0.1, -0.05) is 24.3 Å². The monoisotopic (exact) mass is 530 g/mol. The molecule has 1 amide bonds. The molecular weight excluding hydrogens is 505 g/mol. The Morgan fingerprint density at radius 3 is 2.56 bits per heavy atom. The van der Waals surface area contributed by atoms with Gasteiger partial charge in [0.25, 0.3) is 5.91 Å². The van der Waals surface area contributed by atoms with E-state index in [2.05, 4.69) is 10.1 Å². The van der Waals surface area contributed by atoms with Crippen LogP contribution in [0.1, 0.15) is 38.7 Å². The first-order valence-corrected chi connectivity index (χ1v) is 12.6. The van der Waals surface area contributed by atoms with Crippen LogP contribution in [0.2, 0.25) is 0 Å². The molecule has 0 saturated heterocycles. The SMILES string of the molecule is Cc1nccn1Cc1cc2c(c(-c3cn(C)nc3C(F)(F)F)c1)CCN(Cc1ccc3ccccc3n1)C2=O. The van der Waals surface area contributed by atoms with Gasteiger partial charge in [-0.2, -0.15) is 18.3 Å². The molecule has 4 heterocycles. The zero-order valence-electron chi connectivity index (χ0n) is 21.4. The molecule has 0 bridgehead atoms. The van der Waals surface area contributed by atoms with E-state index in [1.54, 1.807) is 29.4 Å². The molecule has 0 atom stereocenters. The highest BCUT2D eigenvalue weighted by Crippen LogP contribution is 2.40. The van der Waals surface area contributed by atoms with Crippen LogP contribution in [0, 0.1) is 6.92 Å². The molecular formula is C29H25F3N6O. The number of pyridine rings is 1. The molecule has 2 aromatic carbocycles. The predicted molar refractivity (Wildman–Crippen MR) is 140 cm³/mol. The van der Waals surface area contributed by atoms with Gasteiger partial charge in [-0.15, -0.1) is 0 Å². The van der Waals surface area contributed by atoms with E-state index >= 15 is 0 Å². The van der Waals surface area contributed by atoms with Crippen LogP contribution in [-0.4, -0.2) is 41.7 Å². The molecule has 198 valence electrons. The highest BCUT2D eigenvalue weighted by molar-refractivity contribution is 5.99. The first kappa shape index (κ1) is 24.8. The fourth-order valence-electron chi connectivity index (χ4n) is 5.25. The number of nitrogens with zero attached hydrogens (tertiary/aromatic N) is 6. The Labute approximate surface area is 222 Å². The minimum atomic E-state index is -4.63. The number of amides is 1. The zero-order chi connectivity index (χ0) is 27.3. The summed E-state index contributed by atoms with van der Waals surface area (Å²) in [7, 11) is 1.47. The van der Waals surface area contributed by atoms with Crippen molar-refractivity contribution < 1.29 is 18.0 Å². The lowest BCUT2D eigenvalue weighted by atomic mass is 9.88. The lowest BCUT2D eigenvalue weighted by Crippen LogP contribution is -2.37. The number of imidazole rings is 1. The number of aromatic nitrogens is 5. The highest BCUT2D eigenvalue weighted by Gasteiger charge is 2.39. The van der Waals surface area contributed by atoms with E-state index in [-0.39, 0.29) is 11.5 Å². The average Bonchev–Trinajstić information content (AvgIpc) is 3.50. The standard InChI is InChI=1S/C29H25F3N6O/c1-18-33-10-12-37(18)15-19-13-23(25-17-36(2)35-27(25)29(30,31)32)22-9-11-38(28(39)24(22)14-19)16-21-8-7-20-5-3-4-6-26(20)34-21/h3-8,10,12-14,17H,9,11,15-16H2,1-2H3. The molecule has 0 aliphatic carbocycles. The number of aryl methyl sites for hydroxylation is 2. The molecule has 1 aliphatic heterocycles. The summed E-state index contributed by atoms with van der Waals surface area (Å²) in [5.74, 6) is 0.538. The summed E-state index contributed by atoms with van der Waals surface area (Å²) >= 11 is 0. The maximum absolute atomic E-state index is 14.0. The average molecular weight is 531 g/mol.